The molecule has 5 aliphatic carbocycles. The highest BCUT2D eigenvalue weighted by Gasteiger charge is 2.60. The summed E-state index contributed by atoms with van der Waals surface area (Å²) in [7, 11) is 0. The smallest absolute Gasteiger partial charge is 0.220 e. The normalized spacial score (nSPS) is 40.6. The van der Waals surface area contributed by atoms with Gasteiger partial charge in [-0.05, 0) is 130 Å². The van der Waals surface area contributed by atoms with Crippen molar-refractivity contribution in [2.24, 2.45) is 46.3 Å². The molecule has 0 saturated heterocycles. The Bertz CT molecular complexity index is 860. The molecule has 2 N–H and O–H groups in total. The standard InChI is InChI=1S/C32H52N2O2/c1-20(2)25-12-11-24-27-14-13-26(21(3)6-15-29(35)33-22-7-8-22)32(27,5)18-16-28(24)31(25,4)19-17-30(36)34-23-9-10-23/h21-28H,1,6-19H2,2-5H3,(H,33,35)(H,34,36)/t21-,24+,25?,26-,27+,28+,31+,32-/m1/s1. The van der Waals surface area contributed by atoms with E-state index in [-0.39, 0.29) is 17.2 Å². The summed E-state index contributed by atoms with van der Waals surface area (Å²) < 4.78 is 0. The van der Waals surface area contributed by atoms with Crippen LogP contribution in [-0.2, 0) is 9.59 Å². The summed E-state index contributed by atoms with van der Waals surface area (Å²) in [6.07, 6.45) is 15.9. The highest BCUT2D eigenvalue weighted by atomic mass is 16.2. The molecule has 4 nitrogen and oxygen atoms in total. The third kappa shape index (κ3) is 5.17. The zero-order valence-electron chi connectivity index (χ0n) is 23.5. The molecule has 36 heavy (non-hydrogen) atoms. The lowest BCUT2D eigenvalue weighted by Gasteiger charge is -2.60. The minimum atomic E-state index is 0.182. The van der Waals surface area contributed by atoms with Crippen molar-refractivity contribution in [2.45, 2.75) is 130 Å². The molecule has 4 heteroatoms. The molecular formula is C32H52N2O2. The van der Waals surface area contributed by atoms with Crippen molar-refractivity contribution in [2.75, 3.05) is 0 Å². The van der Waals surface area contributed by atoms with E-state index in [1.165, 1.54) is 56.9 Å². The molecule has 5 saturated carbocycles. The summed E-state index contributed by atoms with van der Waals surface area (Å²) in [5.41, 5.74) is 1.92. The Labute approximate surface area is 220 Å². The number of fused-ring (bicyclic) bond motifs is 3. The quantitative estimate of drug-likeness (QED) is 0.327. The summed E-state index contributed by atoms with van der Waals surface area (Å²) in [4.78, 5) is 25.0. The summed E-state index contributed by atoms with van der Waals surface area (Å²) in [6, 6.07) is 0.925. The summed E-state index contributed by atoms with van der Waals surface area (Å²) in [5, 5.41) is 6.42. The Morgan fingerprint density at radius 3 is 2.11 bits per heavy atom. The molecule has 8 atom stereocenters. The molecule has 5 aliphatic rings. The van der Waals surface area contributed by atoms with Crippen LogP contribution in [0.15, 0.2) is 12.2 Å². The van der Waals surface area contributed by atoms with Gasteiger partial charge in [-0.25, -0.2) is 0 Å². The van der Waals surface area contributed by atoms with E-state index < -0.39 is 0 Å². The summed E-state index contributed by atoms with van der Waals surface area (Å²) >= 11 is 0. The van der Waals surface area contributed by atoms with Crippen LogP contribution in [0, 0.1) is 46.3 Å². The van der Waals surface area contributed by atoms with Gasteiger partial charge >= 0.3 is 0 Å². The molecule has 202 valence electrons. The van der Waals surface area contributed by atoms with Crippen LogP contribution in [0.1, 0.15) is 118 Å². The maximum absolute atomic E-state index is 12.7. The molecule has 0 bridgehead atoms. The van der Waals surface area contributed by atoms with E-state index in [2.05, 4.69) is 44.9 Å². The molecule has 1 unspecified atom stereocenters. The largest absolute Gasteiger partial charge is 0.353 e. The van der Waals surface area contributed by atoms with E-state index in [4.69, 9.17) is 0 Å². The van der Waals surface area contributed by atoms with Gasteiger partial charge in [-0.1, -0.05) is 32.9 Å². The number of rotatable bonds is 10. The lowest BCUT2D eigenvalue weighted by molar-refractivity contribution is -0.125. The van der Waals surface area contributed by atoms with Gasteiger partial charge in [0, 0.05) is 24.9 Å². The van der Waals surface area contributed by atoms with Crippen LogP contribution in [0.4, 0.5) is 0 Å². The Morgan fingerprint density at radius 2 is 1.50 bits per heavy atom. The van der Waals surface area contributed by atoms with Crippen LogP contribution in [0.2, 0.25) is 0 Å². The van der Waals surface area contributed by atoms with Crippen molar-refractivity contribution in [3.05, 3.63) is 12.2 Å². The predicted molar refractivity (Wildman–Crippen MR) is 146 cm³/mol. The molecule has 0 spiro atoms. The summed E-state index contributed by atoms with van der Waals surface area (Å²) in [5.74, 6) is 4.73. The molecule has 2 amide bonds. The van der Waals surface area contributed by atoms with Gasteiger partial charge in [0.1, 0.15) is 0 Å². The second-order valence-corrected chi connectivity index (χ2v) is 14.3. The van der Waals surface area contributed by atoms with Gasteiger partial charge in [-0.2, -0.15) is 0 Å². The highest BCUT2D eigenvalue weighted by molar-refractivity contribution is 5.77. The minimum absolute atomic E-state index is 0.182. The second-order valence-electron chi connectivity index (χ2n) is 14.3. The Morgan fingerprint density at radius 1 is 0.861 bits per heavy atom. The van der Waals surface area contributed by atoms with E-state index in [9.17, 15) is 9.59 Å². The van der Waals surface area contributed by atoms with E-state index in [0.717, 1.165) is 43.4 Å². The first-order valence-corrected chi connectivity index (χ1v) is 15.4. The first kappa shape index (κ1) is 26.3. The Hall–Kier alpha value is -1.32. The minimum Gasteiger partial charge on any atom is -0.353 e. The van der Waals surface area contributed by atoms with Crippen LogP contribution < -0.4 is 10.6 Å². The van der Waals surface area contributed by atoms with Crippen molar-refractivity contribution in [1.29, 1.82) is 0 Å². The van der Waals surface area contributed by atoms with Gasteiger partial charge in [0.15, 0.2) is 0 Å². The van der Waals surface area contributed by atoms with Crippen molar-refractivity contribution in [3.63, 3.8) is 0 Å². The third-order valence-corrected chi connectivity index (χ3v) is 11.8. The maximum atomic E-state index is 12.7. The van der Waals surface area contributed by atoms with E-state index >= 15 is 0 Å². The van der Waals surface area contributed by atoms with Gasteiger partial charge in [-0.15, -0.1) is 0 Å². The molecule has 5 fully saturated rings. The number of amides is 2. The SMILES string of the molecule is C=C(C)C1CC[C@H]2[C@@H]3CC[C@H]([C@H](C)CCC(=O)NC4CC4)[C@@]3(C)CC[C@@H]2[C@@]1(C)CCC(=O)NC1CC1. The number of nitrogens with one attached hydrogen (secondary N) is 2. The molecule has 5 rings (SSSR count). The molecule has 0 aromatic carbocycles. The molecule has 0 aromatic heterocycles. The number of carbonyl (C=O) groups excluding carboxylic acids is 2. The first-order chi connectivity index (χ1) is 17.1. The molecule has 0 radical (unpaired) electrons. The third-order valence-electron chi connectivity index (χ3n) is 11.8. The van der Waals surface area contributed by atoms with Gasteiger partial charge in [0.25, 0.3) is 0 Å². The fourth-order valence-electron chi connectivity index (χ4n) is 9.60. The van der Waals surface area contributed by atoms with Crippen LogP contribution in [-0.4, -0.2) is 23.9 Å². The first-order valence-electron chi connectivity index (χ1n) is 15.4. The number of hydrogen-bond acceptors (Lipinski definition) is 2. The zero-order valence-corrected chi connectivity index (χ0v) is 23.5. The van der Waals surface area contributed by atoms with E-state index in [0.29, 0.717) is 48.1 Å². The van der Waals surface area contributed by atoms with Crippen molar-refractivity contribution < 1.29 is 9.59 Å². The number of carbonyl (C=O) groups is 2. The van der Waals surface area contributed by atoms with Crippen LogP contribution in [0.3, 0.4) is 0 Å². The van der Waals surface area contributed by atoms with Crippen molar-refractivity contribution in [1.82, 2.24) is 10.6 Å². The molecule has 0 heterocycles. The van der Waals surface area contributed by atoms with E-state index in [1.54, 1.807) is 0 Å². The Kier molecular flexibility index (Phi) is 7.38. The van der Waals surface area contributed by atoms with Gasteiger partial charge < -0.3 is 10.6 Å². The van der Waals surface area contributed by atoms with Crippen LogP contribution in [0.25, 0.3) is 0 Å². The monoisotopic (exact) mass is 496 g/mol. The maximum Gasteiger partial charge on any atom is 0.220 e. The van der Waals surface area contributed by atoms with Crippen LogP contribution in [0.5, 0.6) is 0 Å². The predicted octanol–water partition coefficient (Wildman–Crippen LogP) is 6.79. The van der Waals surface area contributed by atoms with E-state index in [1.807, 2.05) is 0 Å². The number of allylic oxidation sites excluding steroid dienone is 1. The Balaban J connectivity index is 1.26. The second kappa shape index (κ2) is 10.1. The summed E-state index contributed by atoms with van der Waals surface area (Å²) in [6.45, 7) is 14.2. The topological polar surface area (TPSA) is 58.2 Å². The van der Waals surface area contributed by atoms with Crippen molar-refractivity contribution in [3.8, 4) is 0 Å². The average molecular weight is 497 g/mol. The fourth-order valence-corrected chi connectivity index (χ4v) is 9.60. The zero-order chi connectivity index (χ0) is 25.7. The van der Waals surface area contributed by atoms with Crippen LogP contribution >= 0.6 is 0 Å². The lowest BCUT2D eigenvalue weighted by atomic mass is 9.45. The van der Waals surface area contributed by atoms with Gasteiger partial charge in [-0.3, -0.25) is 9.59 Å². The fraction of sp³-hybridized carbons (Fsp3) is 0.875. The molecule has 0 aromatic rings. The van der Waals surface area contributed by atoms with Gasteiger partial charge in [0.2, 0.25) is 11.8 Å². The van der Waals surface area contributed by atoms with Crippen molar-refractivity contribution >= 4 is 11.8 Å². The lowest BCUT2D eigenvalue weighted by Crippen LogP contribution is -2.52. The molecule has 0 aliphatic heterocycles. The van der Waals surface area contributed by atoms with Gasteiger partial charge in [0.05, 0.1) is 0 Å². The number of hydrogen-bond donors (Lipinski definition) is 2. The average Bonchev–Trinajstić information content (AvgIpc) is 3.76. The highest BCUT2D eigenvalue weighted by Crippen LogP contribution is 2.67. The molecular weight excluding hydrogens is 444 g/mol.